The largest absolute Gasteiger partial charge is 0.295 e. The summed E-state index contributed by atoms with van der Waals surface area (Å²) in [6.45, 7) is 1.64. The summed E-state index contributed by atoms with van der Waals surface area (Å²) in [5, 5.41) is 0. The Balaban J connectivity index is 1.49. The number of ketones is 2. The van der Waals surface area contributed by atoms with Crippen molar-refractivity contribution in [2.45, 2.75) is 45.4 Å². The van der Waals surface area contributed by atoms with Gasteiger partial charge in [0.05, 0.1) is 0 Å². The van der Waals surface area contributed by atoms with Gasteiger partial charge in [-0.1, -0.05) is 18.2 Å². The van der Waals surface area contributed by atoms with Crippen molar-refractivity contribution in [2.24, 2.45) is 5.41 Å². The molecular weight excluding hydrogens is 296 g/mol. The molecule has 0 heterocycles. The Hall–Kier alpha value is -2.22. The van der Waals surface area contributed by atoms with E-state index in [2.05, 4.69) is 24.3 Å². The molecule has 120 valence electrons. The molecule has 0 amide bonds. The van der Waals surface area contributed by atoms with Crippen LogP contribution >= 0.6 is 0 Å². The van der Waals surface area contributed by atoms with E-state index in [-0.39, 0.29) is 11.2 Å². The first-order chi connectivity index (χ1) is 11.5. The Morgan fingerprint density at radius 2 is 1.50 bits per heavy atom. The van der Waals surface area contributed by atoms with Crippen LogP contribution in [-0.4, -0.2) is 11.6 Å². The number of aryl methyl sites for hydroxylation is 1. The van der Waals surface area contributed by atoms with Gasteiger partial charge in [-0.2, -0.15) is 0 Å². The summed E-state index contributed by atoms with van der Waals surface area (Å²) >= 11 is 0. The predicted molar refractivity (Wildman–Crippen MR) is 92.8 cm³/mol. The molecule has 5 rings (SSSR count). The molecule has 0 aromatic heterocycles. The second-order valence-electron chi connectivity index (χ2n) is 7.95. The first kappa shape index (κ1) is 14.2. The predicted octanol–water partition coefficient (Wildman–Crippen LogP) is 3.90. The lowest BCUT2D eigenvalue weighted by Crippen LogP contribution is -2.21. The maximum atomic E-state index is 12.0. The molecule has 2 nitrogen and oxygen atoms in total. The van der Waals surface area contributed by atoms with E-state index in [0.29, 0.717) is 12.2 Å². The topological polar surface area (TPSA) is 34.1 Å². The Bertz CT molecular complexity index is 922. The van der Waals surface area contributed by atoms with E-state index in [0.717, 1.165) is 43.2 Å². The number of fused-ring (bicyclic) bond motifs is 3. The quantitative estimate of drug-likeness (QED) is 0.748. The van der Waals surface area contributed by atoms with Gasteiger partial charge in [0, 0.05) is 17.5 Å². The van der Waals surface area contributed by atoms with Gasteiger partial charge in [-0.3, -0.25) is 9.59 Å². The molecule has 2 aromatic rings. The van der Waals surface area contributed by atoms with E-state index in [1.807, 2.05) is 6.07 Å². The summed E-state index contributed by atoms with van der Waals surface area (Å²) in [4.78, 5) is 23.7. The molecule has 24 heavy (non-hydrogen) atoms. The van der Waals surface area contributed by atoms with Crippen molar-refractivity contribution in [1.82, 2.24) is 0 Å². The van der Waals surface area contributed by atoms with Crippen LogP contribution in [0.15, 0.2) is 30.3 Å². The van der Waals surface area contributed by atoms with Gasteiger partial charge in [-0.25, -0.2) is 0 Å². The van der Waals surface area contributed by atoms with Gasteiger partial charge >= 0.3 is 0 Å². The van der Waals surface area contributed by atoms with Crippen molar-refractivity contribution in [1.29, 1.82) is 0 Å². The lowest BCUT2D eigenvalue weighted by molar-refractivity contribution is 0.0991. The first-order valence-electron chi connectivity index (χ1n) is 8.84. The minimum Gasteiger partial charge on any atom is -0.295 e. The summed E-state index contributed by atoms with van der Waals surface area (Å²) in [6, 6.07) is 10.7. The van der Waals surface area contributed by atoms with Crippen LogP contribution in [0.3, 0.4) is 0 Å². The molecule has 0 saturated heterocycles. The Labute approximate surface area is 141 Å². The van der Waals surface area contributed by atoms with Crippen LogP contribution in [0.5, 0.6) is 0 Å². The van der Waals surface area contributed by atoms with Crippen molar-refractivity contribution in [3.8, 4) is 0 Å². The number of Topliss-reactive ketones (excluding diaryl/α,β-unsaturated/α-hetero) is 2. The SMILES string of the molecule is CC(=O)c1ccc2c(c1)C[C@]1(C2)Cc2cc3c(cc2C1)C(=O)CC3. The number of hydrogen-bond donors (Lipinski definition) is 0. The van der Waals surface area contributed by atoms with Crippen molar-refractivity contribution >= 4 is 11.6 Å². The molecule has 0 bridgehead atoms. The Kier molecular flexibility index (Phi) is 2.75. The standard InChI is InChI=1S/C22H20O2/c1-13(23)14-2-3-16-9-22(10-17(16)6-14)11-18-7-15-4-5-21(24)20(15)8-19(18)12-22/h2-3,6-8H,4-5,9-12H2,1H3/t22-/m1/s1. The minimum absolute atomic E-state index is 0.142. The molecule has 0 saturated carbocycles. The fourth-order valence-corrected chi connectivity index (χ4v) is 5.09. The maximum absolute atomic E-state index is 12.0. The van der Waals surface area contributed by atoms with Crippen LogP contribution in [0.25, 0.3) is 0 Å². The van der Waals surface area contributed by atoms with E-state index < -0.39 is 0 Å². The fourth-order valence-electron chi connectivity index (χ4n) is 5.09. The van der Waals surface area contributed by atoms with Gasteiger partial charge in [-0.05, 0) is 84.4 Å². The minimum atomic E-state index is 0.142. The fraction of sp³-hybridized carbons (Fsp3) is 0.364. The molecule has 2 aromatic carbocycles. The Morgan fingerprint density at radius 3 is 2.25 bits per heavy atom. The molecular formula is C22H20O2. The van der Waals surface area contributed by atoms with Gasteiger partial charge in [0.25, 0.3) is 0 Å². The average molecular weight is 316 g/mol. The van der Waals surface area contributed by atoms with Crippen LogP contribution in [0.2, 0.25) is 0 Å². The Morgan fingerprint density at radius 1 is 0.833 bits per heavy atom. The summed E-state index contributed by atoms with van der Waals surface area (Å²) in [7, 11) is 0. The summed E-state index contributed by atoms with van der Waals surface area (Å²) in [5.74, 6) is 0.456. The number of benzene rings is 2. The number of carbonyl (C=O) groups is 2. The lowest BCUT2D eigenvalue weighted by atomic mass is 9.82. The zero-order valence-corrected chi connectivity index (χ0v) is 13.9. The highest BCUT2D eigenvalue weighted by Crippen LogP contribution is 2.48. The average Bonchev–Trinajstić information content (AvgIpc) is 3.19. The number of rotatable bonds is 1. The van der Waals surface area contributed by atoms with Gasteiger partial charge in [0.2, 0.25) is 0 Å². The van der Waals surface area contributed by atoms with E-state index >= 15 is 0 Å². The molecule has 3 aliphatic carbocycles. The molecule has 2 heteroatoms. The second-order valence-corrected chi connectivity index (χ2v) is 7.95. The molecule has 1 atom stereocenters. The highest BCUT2D eigenvalue weighted by Gasteiger charge is 2.42. The van der Waals surface area contributed by atoms with Gasteiger partial charge < -0.3 is 0 Å². The van der Waals surface area contributed by atoms with E-state index in [9.17, 15) is 9.59 Å². The second kappa shape index (κ2) is 4.66. The molecule has 3 aliphatic rings. The van der Waals surface area contributed by atoms with Crippen LogP contribution < -0.4 is 0 Å². The van der Waals surface area contributed by atoms with Crippen molar-refractivity contribution in [2.75, 3.05) is 0 Å². The van der Waals surface area contributed by atoms with Crippen LogP contribution in [0, 0.1) is 5.41 Å². The van der Waals surface area contributed by atoms with E-state index in [1.165, 1.54) is 27.8 Å². The third kappa shape index (κ3) is 1.95. The monoisotopic (exact) mass is 316 g/mol. The van der Waals surface area contributed by atoms with Gasteiger partial charge in [0.1, 0.15) is 0 Å². The molecule has 1 spiro atoms. The van der Waals surface area contributed by atoms with Crippen LogP contribution in [0.4, 0.5) is 0 Å². The summed E-state index contributed by atoms with van der Waals surface area (Å²) in [6.07, 6.45) is 5.91. The van der Waals surface area contributed by atoms with E-state index in [4.69, 9.17) is 0 Å². The molecule has 0 fully saturated rings. The smallest absolute Gasteiger partial charge is 0.163 e. The zero-order chi connectivity index (χ0) is 16.5. The molecule has 0 aliphatic heterocycles. The van der Waals surface area contributed by atoms with Crippen LogP contribution in [0.1, 0.15) is 61.9 Å². The van der Waals surface area contributed by atoms with Crippen molar-refractivity contribution < 1.29 is 9.59 Å². The van der Waals surface area contributed by atoms with Crippen LogP contribution in [-0.2, 0) is 32.1 Å². The number of hydrogen-bond acceptors (Lipinski definition) is 2. The molecule has 0 radical (unpaired) electrons. The zero-order valence-electron chi connectivity index (χ0n) is 13.9. The first-order valence-corrected chi connectivity index (χ1v) is 8.84. The van der Waals surface area contributed by atoms with Gasteiger partial charge in [0.15, 0.2) is 11.6 Å². The van der Waals surface area contributed by atoms with Crippen molar-refractivity contribution in [3.05, 3.63) is 69.3 Å². The highest BCUT2D eigenvalue weighted by atomic mass is 16.1. The maximum Gasteiger partial charge on any atom is 0.163 e. The third-order valence-corrected chi connectivity index (χ3v) is 6.22. The molecule has 0 N–H and O–H groups in total. The molecule has 0 unspecified atom stereocenters. The van der Waals surface area contributed by atoms with Crippen molar-refractivity contribution in [3.63, 3.8) is 0 Å². The summed E-state index contributed by atoms with van der Waals surface area (Å²) < 4.78 is 0. The van der Waals surface area contributed by atoms with E-state index in [1.54, 1.807) is 6.92 Å². The van der Waals surface area contributed by atoms with Gasteiger partial charge in [-0.15, -0.1) is 0 Å². The number of carbonyl (C=O) groups excluding carboxylic acids is 2. The normalized spacial score (nSPS) is 23.5. The highest BCUT2D eigenvalue weighted by molar-refractivity contribution is 6.00. The summed E-state index contributed by atoms with van der Waals surface area (Å²) in [5.41, 5.74) is 8.89. The third-order valence-electron chi connectivity index (χ3n) is 6.22. The lowest BCUT2D eigenvalue weighted by Gasteiger charge is -2.21.